The number of carbonyl (C=O) groups excluding carboxylic acids is 1. The number of aryl methyl sites for hydroxylation is 1. The predicted molar refractivity (Wildman–Crippen MR) is 86.2 cm³/mol. The number of benzene rings is 1. The number of anilines is 2. The first kappa shape index (κ1) is 14.6. The molecule has 5 nitrogen and oxygen atoms in total. The van der Waals surface area contributed by atoms with Crippen LogP contribution >= 0.6 is 0 Å². The van der Waals surface area contributed by atoms with Crippen molar-refractivity contribution in [2.24, 2.45) is 5.92 Å². The maximum Gasteiger partial charge on any atom is 0.278 e. The Morgan fingerprint density at radius 3 is 2.55 bits per heavy atom. The van der Waals surface area contributed by atoms with E-state index in [0.717, 1.165) is 30.3 Å². The lowest BCUT2D eigenvalue weighted by Crippen LogP contribution is -2.32. The molecule has 0 bridgehead atoms. The Morgan fingerprint density at radius 2 is 1.95 bits per heavy atom. The van der Waals surface area contributed by atoms with Crippen molar-refractivity contribution < 1.29 is 9.32 Å². The summed E-state index contributed by atoms with van der Waals surface area (Å²) in [5, 5.41) is 6.56. The molecule has 3 rings (SSSR count). The van der Waals surface area contributed by atoms with E-state index in [1.54, 1.807) is 6.92 Å². The highest BCUT2D eigenvalue weighted by atomic mass is 16.5. The summed E-state index contributed by atoms with van der Waals surface area (Å²) in [6.45, 7) is 6.31. The van der Waals surface area contributed by atoms with Gasteiger partial charge in [0, 0.05) is 30.0 Å². The number of carbonyl (C=O) groups is 1. The fourth-order valence-corrected chi connectivity index (χ4v) is 2.72. The van der Waals surface area contributed by atoms with Crippen LogP contribution in [0.5, 0.6) is 0 Å². The molecule has 1 aromatic carbocycles. The van der Waals surface area contributed by atoms with Crippen molar-refractivity contribution in [3.8, 4) is 0 Å². The first-order valence-corrected chi connectivity index (χ1v) is 7.71. The molecule has 0 unspecified atom stereocenters. The van der Waals surface area contributed by atoms with Gasteiger partial charge in [-0.25, -0.2) is 0 Å². The molecule has 0 saturated carbocycles. The van der Waals surface area contributed by atoms with Crippen LogP contribution in [-0.2, 0) is 0 Å². The molecular weight excluding hydrogens is 278 g/mol. The van der Waals surface area contributed by atoms with Gasteiger partial charge >= 0.3 is 0 Å². The van der Waals surface area contributed by atoms with Crippen molar-refractivity contribution in [2.45, 2.75) is 26.7 Å². The Balaban J connectivity index is 1.64. The standard InChI is InChI=1S/C17H21N3O2/c1-12-7-9-20(10-8-12)15-5-3-14(4-6-15)18-17(21)16-13(2)11-22-19-16/h3-6,11-12H,7-10H2,1-2H3,(H,18,21). The zero-order valence-electron chi connectivity index (χ0n) is 13.0. The van der Waals surface area contributed by atoms with Crippen LogP contribution in [0.4, 0.5) is 11.4 Å². The molecular formula is C17H21N3O2. The maximum atomic E-state index is 12.1. The van der Waals surface area contributed by atoms with Gasteiger partial charge < -0.3 is 14.7 Å². The van der Waals surface area contributed by atoms with E-state index in [1.807, 2.05) is 12.1 Å². The van der Waals surface area contributed by atoms with E-state index >= 15 is 0 Å². The number of nitrogens with zero attached hydrogens (tertiary/aromatic N) is 2. The van der Waals surface area contributed by atoms with Crippen LogP contribution < -0.4 is 10.2 Å². The molecule has 1 amide bonds. The smallest absolute Gasteiger partial charge is 0.278 e. The lowest BCUT2D eigenvalue weighted by atomic mass is 9.99. The molecule has 116 valence electrons. The van der Waals surface area contributed by atoms with Gasteiger partial charge in [-0.3, -0.25) is 4.79 Å². The topological polar surface area (TPSA) is 58.4 Å². The average molecular weight is 299 g/mol. The van der Waals surface area contributed by atoms with Crippen LogP contribution in [0.1, 0.15) is 35.8 Å². The second-order valence-electron chi connectivity index (χ2n) is 6.02. The summed E-state index contributed by atoms with van der Waals surface area (Å²) in [6, 6.07) is 7.98. The molecule has 0 atom stereocenters. The quantitative estimate of drug-likeness (QED) is 0.942. The van der Waals surface area contributed by atoms with Gasteiger partial charge in [0.15, 0.2) is 5.69 Å². The number of hydrogen-bond acceptors (Lipinski definition) is 4. The van der Waals surface area contributed by atoms with Crippen LogP contribution in [0.2, 0.25) is 0 Å². The van der Waals surface area contributed by atoms with Gasteiger partial charge in [0.1, 0.15) is 6.26 Å². The lowest BCUT2D eigenvalue weighted by molar-refractivity contribution is 0.101. The van der Waals surface area contributed by atoms with Crippen LogP contribution in [0, 0.1) is 12.8 Å². The summed E-state index contributed by atoms with van der Waals surface area (Å²) in [4.78, 5) is 14.5. The lowest BCUT2D eigenvalue weighted by Gasteiger charge is -2.32. The highest BCUT2D eigenvalue weighted by Crippen LogP contribution is 2.24. The van der Waals surface area contributed by atoms with Gasteiger partial charge in [0.25, 0.3) is 5.91 Å². The van der Waals surface area contributed by atoms with Crippen LogP contribution in [0.25, 0.3) is 0 Å². The Morgan fingerprint density at radius 1 is 1.27 bits per heavy atom. The zero-order valence-corrected chi connectivity index (χ0v) is 13.0. The molecule has 5 heteroatoms. The van der Waals surface area contributed by atoms with E-state index < -0.39 is 0 Å². The number of rotatable bonds is 3. The molecule has 0 spiro atoms. The van der Waals surface area contributed by atoms with Gasteiger partial charge in [-0.05, 0) is 49.9 Å². The van der Waals surface area contributed by atoms with Gasteiger partial charge in [-0.15, -0.1) is 0 Å². The molecule has 0 radical (unpaired) electrons. The van der Waals surface area contributed by atoms with Gasteiger partial charge in [0.2, 0.25) is 0 Å². The van der Waals surface area contributed by atoms with E-state index in [1.165, 1.54) is 24.8 Å². The number of amides is 1. The molecule has 1 aliphatic heterocycles. The molecule has 1 fully saturated rings. The summed E-state index contributed by atoms with van der Waals surface area (Å²) >= 11 is 0. The minimum absolute atomic E-state index is 0.245. The predicted octanol–water partition coefficient (Wildman–Crippen LogP) is 3.47. The summed E-state index contributed by atoms with van der Waals surface area (Å²) in [5.74, 6) is 0.575. The minimum Gasteiger partial charge on any atom is -0.372 e. The fourth-order valence-electron chi connectivity index (χ4n) is 2.72. The second kappa shape index (κ2) is 6.22. The van der Waals surface area contributed by atoms with Crippen molar-refractivity contribution in [1.82, 2.24) is 5.16 Å². The molecule has 1 aliphatic rings. The van der Waals surface area contributed by atoms with Crippen LogP contribution in [-0.4, -0.2) is 24.2 Å². The third kappa shape index (κ3) is 3.13. The molecule has 22 heavy (non-hydrogen) atoms. The second-order valence-corrected chi connectivity index (χ2v) is 6.02. The van der Waals surface area contributed by atoms with Crippen molar-refractivity contribution >= 4 is 17.3 Å². The van der Waals surface area contributed by atoms with E-state index in [-0.39, 0.29) is 5.91 Å². The van der Waals surface area contributed by atoms with Crippen molar-refractivity contribution in [2.75, 3.05) is 23.3 Å². The summed E-state index contributed by atoms with van der Waals surface area (Å²) in [5.41, 5.74) is 3.04. The normalized spacial score (nSPS) is 15.8. The largest absolute Gasteiger partial charge is 0.372 e. The first-order valence-electron chi connectivity index (χ1n) is 7.71. The Kier molecular flexibility index (Phi) is 4.13. The number of hydrogen-bond donors (Lipinski definition) is 1. The molecule has 2 aromatic rings. The summed E-state index contributed by atoms with van der Waals surface area (Å²) < 4.78 is 4.79. The maximum absolute atomic E-state index is 12.1. The van der Waals surface area contributed by atoms with E-state index in [0.29, 0.717) is 5.69 Å². The first-order chi connectivity index (χ1) is 10.6. The van der Waals surface area contributed by atoms with Crippen molar-refractivity contribution in [3.05, 3.63) is 41.8 Å². The minimum atomic E-state index is -0.245. The Bertz CT molecular complexity index is 640. The number of aromatic nitrogens is 1. The Labute approximate surface area is 130 Å². The van der Waals surface area contributed by atoms with E-state index in [9.17, 15) is 4.79 Å². The highest BCUT2D eigenvalue weighted by Gasteiger charge is 2.16. The third-order valence-electron chi connectivity index (χ3n) is 4.24. The Hall–Kier alpha value is -2.30. The summed E-state index contributed by atoms with van der Waals surface area (Å²) in [6.07, 6.45) is 3.95. The van der Waals surface area contributed by atoms with Gasteiger partial charge in [-0.2, -0.15) is 0 Å². The zero-order chi connectivity index (χ0) is 15.5. The number of nitrogens with one attached hydrogen (secondary N) is 1. The van der Waals surface area contributed by atoms with E-state index in [2.05, 4.69) is 34.4 Å². The fraction of sp³-hybridized carbons (Fsp3) is 0.412. The van der Waals surface area contributed by atoms with Crippen LogP contribution in [0.15, 0.2) is 35.1 Å². The highest BCUT2D eigenvalue weighted by molar-refractivity contribution is 6.03. The van der Waals surface area contributed by atoms with Crippen LogP contribution in [0.3, 0.4) is 0 Å². The number of piperidine rings is 1. The van der Waals surface area contributed by atoms with Crippen molar-refractivity contribution in [1.29, 1.82) is 0 Å². The molecule has 1 saturated heterocycles. The monoisotopic (exact) mass is 299 g/mol. The van der Waals surface area contributed by atoms with E-state index in [4.69, 9.17) is 4.52 Å². The molecule has 1 N–H and O–H groups in total. The third-order valence-corrected chi connectivity index (χ3v) is 4.24. The van der Waals surface area contributed by atoms with Gasteiger partial charge in [-0.1, -0.05) is 12.1 Å². The molecule has 1 aromatic heterocycles. The van der Waals surface area contributed by atoms with Crippen molar-refractivity contribution in [3.63, 3.8) is 0 Å². The summed E-state index contributed by atoms with van der Waals surface area (Å²) in [7, 11) is 0. The SMILES string of the molecule is Cc1conc1C(=O)Nc1ccc(N2CCC(C)CC2)cc1. The van der Waals surface area contributed by atoms with Gasteiger partial charge in [0.05, 0.1) is 0 Å². The average Bonchev–Trinajstić information content (AvgIpc) is 2.95. The molecule has 0 aliphatic carbocycles. The molecule has 2 heterocycles.